The van der Waals surface area contributed by atoms with Crippen LogP contribution in [-0.2, 0) is 4.74 Å². The molecule has 0 aromatic heterocycles. The minimum atomic E-state index is 0.150. The van der Waals surface area contributed by atoms with Gasteiger partial charge in [0.05, 0.1) is 6.61 Å². The van der Waals surface area contributed by atoms with E-state index in [1.54, 1.807) is 0 Å². The monoisotopic (exact) mass is 257 g/mol. The lowest BCUT2D eigenvalue weighted by Crippen LogP contribution is -2.59. The second kappa shape index (κ2) is 6.38. The molecule has 0 N–H and O–H groups in total. The van der Waals surface area contributed by atoms with E-state index < -0.39 is 0 Å². The van der Waals surface area contributed by atoms with Gasteiger partial charge in [0, 0.05) is 18.7 Å². The number of likely N-dealkylation sites (N-methyl/N-ethyl adjacent to an activating group) is 1. The molecule has 0 aliphatic carbocycles. The van der Waals surface area contributed by atoms with Crippen LogP contribution in [-0.4, -0.2) is 36.7 Å². The molecule has 0 saturated carbocycles. The summed E-state index contributed by atoms with van der Waals surface area (Å²) in [5, 5.41) is 0. The molecular weight excluding hydrogens is 222 g/mol. The van der Waals surface area contributed by atoms with Gasteiger partial charge in [-0.05, 0) is 38.1 Å². The van der Waals surface area contributed by atoms with Gasteiger partial charge >= 0.3 is 0 Å². The predicted molar refractivity (Wildman–Crippen MR) is 81.1 cm³/mol. The van der Waals surface area contributed by atoms with E-state index in [9.17, 15) is 0 Å². The van der Waals surface area contributed by atoms with Gasteiger partial charge in [0.25, 0.3) is 0 Å². The van der Waals surface area contributed by atoms with Crippen molar-refractivity contribution in [3.8, 4) is 0 Å². The zero-order chi connectivity index (χ0) is 14.6. The molecule has 2 nitrogen and oxygen atoms in total. The third-order valence-electron chi connectivity index (χ3n) is 5.29. The fraction of sp³-hybridized carbons (Fsp3) is 1.00. The summed E-state index contributed by atoms with van der Waals surface area (Å²) >= 11 is 0. The Bertz CT molecular complexity index is 238. The molecular formula is C16H35NO. The Balaban J connectivity index is 4.95. The molecule has 0 heterocycles. The van der Waals surface area contributed by atoms with Crippen LogP contribution >= 0.6 is 0 Å². The predicted octanol–water partition coefficient (Wildman–Crippen LogP) is 4.20. The minimum absolute atomic E-state index is 0.150. The summed E-state index contributed by atoms with van der Waals surface area (Å²) in [6, 6.07) is 0. The normalized spacial score (nSPS) is 14.3. The third kappa shape index (κ3) is 3.71. The van der Waals surface area contributed by atoms with Crippen LogP contribution in [0.15, 0.2) is 0 Å². The Kier molecular flexibility index (Phi) is 6.35. The largest absolute Gasteiger partial charge is 0.380 e. The first-order valence-corrected chi connectivity index (χ1v) is 7.35. The van der Waals surface area contributed by atoms with Crippen LogP contribution in [0.3, 0.4) is 0 Å². The van der Waals surface area contributed by atoms with E-state index in [1.165, 1.54) is 0 Å². The second-order valence-electron chi connectivity index (χ2n) is 7.21. The average molecular weight is 257 g/mol. The Morgan fingerprint density at radius 3 is 1.72 bits per heavy atom. The molecule has 0 atom stereocenters. The molecule has 0 unspecified atom stereocenters. The number of hydrogen-bond acceptors (Lipinski definition) is 2. The molecule has 0 radical (unpaired) electrons. The lowest BCUT2D eigenvalue weighted by atomic mass is 9.59. The summed E-state index contributed by atoms with van der Waals surface area (Å²) in [6.45, 7) is 24.5. The number of ether oxygens (including phenoxy) is 1. The van der Waals surface area contributed by atoms with Crippen LogP contribution in [0.25, 0.3) is 0 Å². The van der Waals surface area contributed by atoms with Crippen molar-refractivity contribution in [2.24, 2.45) is 10.8 Å². The smallest absolute Gasteiger partial charge is 0.0593 e. The van der Waals surface area contributed by atoms with Crippen molar-refractivity contribution in [2.75, 3.05) is 26.3 Å². The van der Waals surface area contributed by atoms with Gasteiger partial charge in [0.2, 0.25) is 0 Å². The molecule has 0 aliphatic heterocycles. The molecule has 0 fully saturated rings. The van der Waals surface area contributed by atoms with Gasteiger partial charge in [-0.3, -0.25) is 4.90 Å². The second-order valence-corrected chi connectivity index (χ2v) is 7.21. The van der Waals surface area contributed by atoms with Gasteiger partial charge in [-0.2, -0.15) is 0 Å². The highest BCUT2D eigenvalue weighted by molar-refractivity contribution is 5.00. The average Bonchev–Trinajstić information content (AvgIpc) is 2.22. The standard InChI is InChI=1S/C16H35NO/c1-10-17(12-13-18-11-2)16(8,9)15(6,7)14(3,4)5/h10-13H2,1-9H3. The van der Waals surface area contributed by atoms with Crippen LogP contribution in [0.5, 0.6) is 0 Å². The highest BCUT2D eigenvalue weighted by Gasteiger charge is 2.47. The van der Waals surface area contributed by atoms with E-state index in [0.717, 1.165) is 26.3 Å². The van der Waals surface area contributed by atoms with Gasteiger partial charge in [-0.25, -0.2) is 0 Å². The molecule has 18 heavy (non-hydrogen) atoms. The van der Waals surface area contributed by atoms with Gasteiger partial charge < -0.3 is 4.74 Å². The topological polar surface area (TPSA) is 12.5 Å². The molecule has 0 amide bonds. The van der Waals surface area contributed by atoms with Crippen molar-refractivity contribution in [3.05, 3.63) is 0 Å². The van der Waals surface area contributed by atoms with Crippen molar-refractivity contribution in [1.29, 1.82) is 0 Å². The van der Waals surface area contributed by atoms with Crippen molar-refractivity contribution in [1.82, 2.24) is 4.90 Å². The lowest BCUT2D eigenvalue weighted by Gasteiger charge is -2.55. The maximum atomic E-state index is 5.52. The quantitative estimate of drug-likeness (QED) is 0.634. The fourth-order valence-corrected chi connectivity index (χ4v) is 2.46. The third-order valence-corrected chi connectivity index (χ3v) is 5.29. The van der Waals surface area contributed by atoms with Crippen molar-refractivity contribution in [2.45, 2.75) is 67.9 Å². The number of rotatable bonds is 7. The highest BCUT2D eigenvalue weighted by Crippen LogP contribution is 2.48. The van der Waals surface area contributed by atoms with Crippen LogP contribution < -0.4 is 0 Å². The summed E-state index contributed by atoms with van der Waals surface area (Å²) in [5.74, 6) is 0. The number of hydrogen-bond donors (Lipinski definition) is 0. The van der Waals surface area contributed by atoms with E-state index in [0.29, 0.717) is 0 Å². The summed E-state index contributed by atoms with van der Waals surface area (Å²) in [4.78, 5) is 2.55. The highest BCUT2D eigenvalue weighted by atomic mass is 16.5. The van der Waals surface area contributed by atoms with Crippen LogP contribution in [0.2, 0.25) is 0 Å². The zero-order valence-corrected chi connectivity index (χ0v) is 14.2. The Morgan fingerprint density at radius 1 is 0.889 bits per heavy atom. The van der Waals surface area contributed by atoms with Gasteiger partial charge in [0.1, 0.15) is 0 Å². The molecule has 0 aliphatic rings. The summed E-state index contributed by atoms with van der Waals surface area (Å²) in [5.41, 5.74) is 0.648. The van der Waals surface area contributed by atoms with Gasteiger partial charge in [0.15, 0.2) is 0 Å². The van der Waals surface area contributed by atoms with Crippen LogP contribution in [0.4, 0.5) is 0 Å². The molecule has 0 spiro atoms. The first-order chi connectivity index (χ1) is 8.02. The van der Waals surface area contributed by atoms with Gasteiger partial charge in [-0.1, -0.05) is 41.5 Å². The van der Waals surface area contributed by atoms with E-state index in [-0.39, 0.29) is 16.4 Å². The minimum Gasteiger partial charge on any atom is -0.380 e. The molecule has 110 valence electrons. The molecule has 0 aromatic carbocycles. The maximum absolute atomic E-state index is 5.52. The lowest BCUT2D eigenvalue weighted by molar-refractivity contribution is -0.0623. The van der Waals surface area contributed by atoms with Gasteiger partial charge in [-0.15, -0.1) is 0 Å². The van der Waals surface area contributed by atoms with E-state index in [4.69, 9.17) is 4.74 Å². The molecule has 2 heteroatoms. The molecule has 0 rings (SSSR count). The van der Waals surface area contributed by atoms with Crippen molar-refractivity contribution < 1.29 is 4.74 Å². The van der Waals surface area contributed by atoms with Crippen molar-refractivity contribution >= 4 is 0 Å². The van der Waals surface area contributed by atoms with Crippen molar-refractivity contribution in [3.63, 3.8) is 0 Å². The van der Waals surface area contributed by atoms with E-state index in [2.05, 4.69) is 67.2 Å². The molecule has 0 aromatic rings. The van der Waals surface area contributed by atoms with Crippen LogP contribution in [0.1, 0.15) is 62.3 Å². The SMILES string of the molecule is CCOCCN(CC)C(C)(C)C(C)(C)C(C)(C)C. The molecule has 0 bridgehead atoms. The summed E-state index contributed by atoms with van der Waals surface area (Å²) in [7, 11) is 0. The summed E-state index contributed by atoms with van der Waals surface area (Å²) < 4.78 is 5.52. The van der Waals surface area contributed by atoms with E-state index >= 15 is 0 Å². The molecule has 0 saturated heterocycles. The Labute approximate surface area is 115 Å². The maximum Gasteiger partial charge on any atom is 0.0593 e. The Hall–Kier alpha value is -0.0800. The van der Waals surface area contributed by atoms with E-state index in [1.807, 2.05) is 0 Å². The first-order valence-electron chi connectivity index (χ1n) is 7.35. The summed E-state index contributed by atoms with van der Waals surface area (Å²) in [6.07, 6.45) is 0. The Morgan fingerprint density at radius 2 is 1.39 bits per heavy atom. The fourth-order valence-electron chi connectivity index (χ4n) is 2.46. The first kappa shape index (κ1) is 17.9. The number of nitrogens with zero attached hydrogens (tertiary/aromatic N) is 1. The van der Waals surface area contributed by atoms with Crippen LogP contribution in [0, 0.1) is 10.8 Å². The zero-order valence-electron chi connectivity index (χ0n) is 14.2.